The molecule has 2 rings (SSSR count). The van der Waals surface area contributed by atoms with Gasteiger partial charge in [-0.15, -0.1) is 0 Å². The molecule has 0 saturated heterocycles. The summed E-state index contributed by atoms with van der Waals surface area (Å²) in [5, 5.41) is 20.2. The van der Waals surface area contributed by atoms with E-state index in [0.717, 1.165) is 5.56 Å². The minimum Gasteiger partial charge on any atom is -0.494 e. The van der Waals surface area contributed by atoms with Crippen molar-refractivity contribution in [3.63, 3.8) is 0 Å². The van der Waals surface area contributed by atoms with E-state index in [1.807, 2.05) is 6.92 Å². The van der Waals surface area contributed by atoms with Gasteiger partial charge in [0.25, 0.3) is 5.69 Å². The van der Waals surface area contributed by atoms with Crippen molar-refractivity contribution in [1.82, 2.24) is 0 Å². The zero-order chi connectivity index (χ0) is 16.8. The van der Waals surface area contributed by atoms with Crippen LogP contribution in [0.25, 0.3) is 0 Å². The van der Waals surface area contributed by atoms with Gasteiger partial charge in [0.1, 0.15) is 5.75 Å². The lowest BCUT2D eigenvalue weighted by Gasteiger charge is -2.14. The molecular weight excluding hydrogens is 298 g/mol. The molecule has 6 heteroatoms. The standard InChI is InChI=1S/C17H17NO5/c1-2-23-15-5-3-4-13(11-15)16(17(19)20)10-12-6-8-14(9-7-12)18(21)22/h3-9,11,16H,2,10H2,1H3,(H,19,20). The van der Waals surface area contributed by atoms with Crippen LogP contribution < -0.4 is 4.74 Å². The van der Waals surface area contributed by atoms with Crippen LogP contribution in [-0.2, 0) is 11.2 Å². The number of nitrogens with zero attached hydrogens (tertiary/aromatic N) is 1. The lowest BCUT2D eigenvalue weighted by atomic mass is 9.92. The van der Waals surface area contributed by atoms with Crippen LogP contribution >= 0.6 is 0 Å². The number of non-ortho nitro benzene ring substituents is 1. The summed E-state index contributed by atoms with van der Waals surface area (Å²) in [5.41, 5.74) is 1.35. The van der Waals surface area contributed by atoms with Crippen LogP contribution in [0.1, 0.15) is 24.0 Å². The van der Waals surface area contributed by atoms with Gasteiger partial charge >= 0.3 is 5.97 Å². The van der Waals surface area contributed by atoms with Gasteiger partial charge in [0, 0.05) is 12.1 Å². The van der Waals surface area contributed by atoms with Crippen molar-refractivity contribution in [3.8, 4) is 5.75 Å². The van der Waals surface area contributed by atoms with Gasteiger partial charge in [0.15, 0.2) is 0 Å². The highest BCUT2D eigenvalue weighted by molar-refractivity contribution is 5.76. The monoisotopic (exact) mass is 315 g/mol. The maximum Gasteiger partial charge on any atom is 0.311 e. The first-order valence-electron chi connectivity index (χ1n) is 7.20. The minimum atomic E-state index is -0.947. The Labute approximate surface area is 133 Å². The summed E-state index contributed by atoms with van der Waals surface area (Å²) >= 11 is 0. The van der Waals surface area contributed by atoms with E-state index in [9.17, 15) is 20.0 Å². The molecular formula is C17H17NO5. The van der Waals surface area contributed by atoms with E-state index in [1.54, 1.807) is 36.4 Å². The highest BCUT2D eigenvalue weighted by atomic mass is 16.6. The predicted molar refractivity (Wildman–Crippen MR) is 84.8 cm³/mol. The van der Waals surface area contributed by atoms with Gasteiger partial charge in [-0.2, -0.15) is 0 Å². The highest BCUT2D eigenvalue weighted by Crippen LogP contribution is 2.25. The number of hydrogen-bond donors (Lipinski definition) is 1. The predicted octanol–water partition coefficient (Wildman–Crippen LogP) is 3.40. The van der Waals surface area contributed by atoms with Crippen LogP contribution in [0, 0.1) is 10.1 Å². The Kier molecular flexibility index (Phi) is 5.30. The van der Waals surface area contributed by atoms with Gasteiger partial charge in [-0.1, -0.05) is 24.3 Å². The Balaban J connectivity index is 2.23. The molecule has 0 heterocycles. The van der Waals surface area contributed by atoms with Crippen molar-refractivity contribution in [2.75, 3.05) is 6.61 Å². The van der Waals surface area contributed by atoms with Crippen molar-refractivity contribution >= 4 is 11.7 Å². The number of carboxylic acid groups (broad SMARTS) is 1. The second-order valence-corrected chi connectivity index (χ2v) is 5.02. The molecule has 6 nitrogen and oxygen atoms in total. The Morgan fingerprint density at radius 3 is 2.52 bits per heavy atom. The number of carbonyl (C=O) groups is 1. The van der Waals surface area contributed by atoms with E-state index >= 15 is 0 Å². The summed E-state index contributed by atoms with van der Waals surface area (Å²) < 4.78 is 5.40. The molecule has 0 aliphatic heterocycles. The van der Waals surface area contributed by atoms with E-state index in [1.165, 1.54) is 12.1 Å². The average Bonchev–Trinajstić information content (AvgIpc) is 2.53. The molecule has 0 fully saturated rings. The van der Waals surface area contributed by atoms with Crippen LogP contribution in [0.5, 0.6) is 5.75 Å². The summed E-state index contributed by atoms with van der Waals surface area (Å²) in [4.78, 5) is 21.8. The molecule has 2 aromatic rings. The molecule has 120 valence electrons. The zero-order valence-corrected chi connectivity index (χ0v) is 12.6. The van der Waals surface area contributed by atoms with Gasteiger partial charge in [-0.3, -0.25) is 14.9 Å². The zero-order valence-electron chi connectivity index (χ0n) is 12.6. The Morgan fingerprint density at radius 1 is 1.26 bits per heavy atom. The lowest BCUT2D eigenvalue weighted by Crippen LogP contribution is -2.14. The molecule has 1 unspecified atom stereocenters. The highest BCUT2D eigenvalue weighted by Gasteiger charge is 2.21. The second-order valence-electron chi connectivity index (χ2n) is 5.02. The van der Waals surface area contributed by atoms with E-state index in [2.05, 4.69) is 0 Å². The van der Waals surface area contributed by atoms with Crippen LogP contribution in [-0.4, -0.2) is 22.6 Å². The third-order valence-corrected chi connectivity index (χ3v) is 3.46. The van der Waals surface area contributed by atoms with Crippen molar-refractivity contribution in [2.24, 2.45) is 0 Å². The summed E-state index contributed by atoms with van der Waals surface area (Å²) in [6.07, 6.45) is 0.253. The fraction of sp³-hybridized carbons (Fsp3) is 0.235. The number of aliphatic carboxylic acids is 1. The first-order chi connectivity index (χ1) is 11.0. The largest absolute Gasteiger partial charge is 0.494 e. The van der Waals surface area contributed by atoms with E-state index < -0.39 is 16.8 Å². The van der Waals surface area contributed by atoms with Crippen LogP contribution in [0.3, 0.4) is 0 Å². The van der Waals surface area contributed by atoms with Gasteiger partial charge in [-0.05, 0) is 36.6 Å². The van der Waals surface area contributed by atoms with Crippen molar-refractivity contribution in [2.45, 2.75) is 19.3 Å². The smallest absolute Gasteiger partial charge is 0.311 e. The van der Waals surface area contributed by atoms with E-state index in [4.69, 9.17) is 4.74 Å². The van der Waals surface area contributed by atoms with E-state index in [0.29, 0.717) is 17.9 Å². The van der Waals surface area contributed by atoms with Crippen LogP contribution in [0.4, 0.5) is 5.69 Å². The molecule has 0 radical (unpaired) electrons. The van der Waals surface area contributed by atoms with Crippen molar-refractivity contribution in [1.29, 1.82) is 0 Å². The Morgan fingerprint density at radius 2 is 1.96 bits per heavy atom. The molecule has 0 amide bonds. The average molecular weight is 315 g/mol. The summed E-state index contributed by atoms with van der Waals surface area (Å²) in [7, 11) is 0. The number of hydrogen-bond acceptors (Lipinski definition) is 4. The summed E-state index contributed by atoms with van der Waals surface area (Å²) in [6, 6.07) is 12.9. The molecule has 2 aromatic carbocycles. The molecule has 0 aliphatic rings. The van der Waals surface area contributed by atoms with Crippen molar-refractivity contribution < 1.29 is 19.6 Å². The maximum atomic E-state index is 11.6. The number of nitro benzene ring substituents is 1. The second kappa shape index (κ2) is 7.40. The number of benzene rings is 2. The Hall–Kier alpha value is -2.89. The van der Waals surface area contributed by atoms with Crippen molar-refractivity contribution in [3.05, 3.63) is 69.8 Å². The normalized spacial score (nSPS) is 11.7. The molecule has 23 heavy (non-hydrogen) atoms. The fourth-order valence-electron chi connectivity index (χ4n) is 2.32. The topological polar surface area (TPSA) is 89.7 Å². The van der Waals surface area contributed by atoms with Crippen LogP contribution in [0.15, 0.2) is 48.5 Å². The first kappa shape index (κ1) is 16.5. The minimum absolute atomic E-state index is 0.0148. The molecule has 1 N–H and O–H groups in total. The third-order valence-electron chi connectivity index (χ3n) is 3.46. The fourth-order valence-corrected chi connectivity index (χ4v) is 2.32. The molecule has 0 aliphatic carbocycles. The molecule has 0 spiro atoms. The third kappa shape index (κ3) is 4.29. The molecule has 0 bridgehead atoms. The first-order valence-corrected chi connectivity index (χ1v) is 7.20. The molecule has 0 saturated carbocycles. The van der Waals surface area contributed by atoms with Crippen LogP contribution in [0.2, 0.25) is 0 Å². The molecule has 0 aromatic heterocycles. The maximum absolute atomic E-state index is 11.6. The summed E-state index contributed by atoms with van der Waals surface area (Å²) in [6.45, 7) is 2.36. The van der Waals surface area contributed by atoms with Gasteiger partial charge in [0.2, 0.25) is 0 Å². The van der Waals surface area contributed by atoms with Gasteiger partial charge < -0.3 is 9.84 Å². The quantitative estimate of drug-likeness (QED) is 0.624. The SMILES string of the molecule is CCOc1cccc(C(Cc2ccc([N+](=O)[O-])cc2)C(=O)O)c1. The molecule has 1 atom stereocenters. The lowest BCUT2D eigenvalue weighted by molar-refractivity contribution is -0.384. The Bertz CT molecular complexity index is 696. The summed E-state index contributed by atoms with van der Waals surface area (Å²) in [5.74, 6) is -1.06. The van der Waals surface area contributed by atoms with Gasteiger partial charge in [-0.25, -0.2) is 0 Å². The van der Waals surface area contributed by atoms with E-state index in [-0.39, 0.29) is 12.1 Å². The number of carboxylic acids is 1. The van der Waals surface area contributed by atoms with Gasteiger partial charge in [0.05, 0.1) is 17.4 Å². The number of nitro groups is 1. The number of rotatable bonds is 7. The number of ether oxygens (including phenoxy) is 1.